The molecule has 0 spiro atoms. The summed E-state index contributed by atoms with van der Waals surface area (Å²) in [6, 6.07) is 2.98. The van der Waals surface area contributed by atoms with Gasteiger partial charge in [0.25, 0.3) is 5.91 Å². The molecular weight excluding hydrogens is 418 g/mol. The first-order valence-corrected chi connectivity index (χ1v) is 11.3. The molecule has 2 N–H and O–H groups in total. The number of benzene rings is 1. The Morgan fingerprint density at radius 1 is 1.27 bits per heavy atom. The van der Waals surface area contributed by atoms with E-state index in [0.29, 0.717) is 30.1 Å². The molecule has 3 amide bonds. The van der Waals surface area contributed by atoms with Crippen LogP contribution in [0.15, 0.2) is 42.6 Å². The van der Waals surface area contributed by atoms with Gasteiger partial charge in [0, 0.05) is 17.5 Å². The van der Waals surface area contributed by atoms with Crippen LogP contribution < -0.4 is 15.4 Å². The van der Waals surface area contributed by atoms with E-state index in [-0.39, 0.29) is 24.1 Å². The van der Waals surface area contributed by atoms with Gasteiger partial charge in [0.1, 0.15) is 23.1 Å². The number of carbonyl (C=O) groups excluding carboxylic acids is 3. The number of allylic oxidation sites excluding steroid dienone is 1. The first kappa shape index (κ1) is 21.5. The third-order valence-electron chi connectivity index (χ3n) is 7.52. The van der Waals surface area contributed by atoms with Crippen molar-refractivity contribution in [3.8, 4) is 5.75 Å². The van der Waals surface area contributed by atoms with Crippen LogP contribution in [0.5, 0.6) is 5.75 Å². The van der Waals surface area contributed by atoms with Crippen LogP contribution in [0.1, 0.15) is 51.7 Å². The maximum absolute atomic E-state index is 13.8. The number of carbonyl (C=O) groups is 3. The number of hydrogen-bond acceptors (Lipinski definition) is 4. The van der Waals surface area contributed by atoms with Crippen LogP contribution in [0.2, 0.25) is 0 Å². The molecule has 0 aliphatic carbocycles. The Balaban J connectivity index is 1.63. The van der Waals surface area contributed by atoms with Crippen LogP contribution in [0.4, 0.5) is 5.69 Å². The minimum absolute atomic E-state index is 0.133. The fraction of sp³-hybridized carbons (Fsp3) is 0.423. The van der Waals surface area contributed by atoms with Crippen molar-refractivity contribution in [3.05, 3.63) is 53.8 Å². The lowest BCUT2D eigenvalue weighted by atomic mass is 9.59. The number of hydrogen-bond donors (Lipinski definition) is 2. The van der Waals surface area contributed by atoms with E-state index in [1.165, 1.54) is 4.90 Å². The van der Waals surface area contributed by atoms with E-state index in [4.69, 9.17) is 4.74 Å². The zero-order chi connectivity index (χ0) is 23.8. The number of fused-ring (bicyclic) bond motifs is 4. The molecule has 0 bridgehead atoms. The van der Waals surface area contributed by atoms with Crippen molar-refractivity contribution in [3.63, 3.8) is 0 Å². The van der Waals surface area contributed by atoms with Gasteiger partial charge in [-0.25, -0.2) is 0 Å². The molecule has 7 heteroatoms. The molecule has 0 radical (unpaired) electrons. The van der Waals surface area contributed by atoms with Gasteiger partial charge in [-0.15, -0.1) is 6.58 Å². The Hall–Kier alpha value is -3.35. The van der Waals surface area contributed by atoms with Gasteiger partial charge in [0.05, 0.1) is 11.1 Å². The standard InChI is InChI=1S/C26H29N3O4/c1-6-24(2,3)26(14-17-22(31)29-13-7-8-18(29)21(30)27-17)16-9-10-19-15(20(16)28-23(26)32)11-12-25(4,5)33-19/h6,8-12,17H,1,7,13-14H2,2-5H3,(H,27,30)(H,28,32)/t17-,26+/m1/s1. The van der Waals surface area contributed by atoms with Crippen molar-refractivity contribution < 1.29 is 19.1 Å². The van der Waals surface area contributed by atoms with E-state index in [1.54, 1.807) is 12.2 Å². The number of piperazine rings is 1. The molecule has 0 saturated carbocycles. The number of anilines is 1. The predicted molar refractivity (Wildman–Crippen MR) is 125 cm³/mol. The van der Waals surface area contributed by atoms with Crippen molar-refractivity contribution in [2.75, 3.05) is 11.9 Å². The maximum atomic E-state index is 13.8. The molecule has 1 fully saturated rings. The summed E-state index contributed by atoms with van der Waals surface area (Å²) in [7, 11) is 0. The lowest BCUT2D eigenvalue weighted by Gasteiger charge is -2.44. The van der Waals surface area contributed by atoms with E-state index in [1.807, 2.05) is 52.0 Å². The van der Waals surface area contributed by atoms with Crippen molar-refractivity contribution in [2.45, 2.75) is 57.6 Å². The summed E-state index contributed by atoms with van der Waals surface area (Å²) in [6.07, 6.45) is 8.27. The Kier molecular flexibility index (Phi) is 4.45. The van der Waals surface area contributed by atoms with Gasteiger partial charge in [0.2, 0.25) is 11.8 Å². The van der Waals surface area contributed by atoms with Crippen LogP contribution >= 0.6 is 0 Å². The number of rotatable bonds is 4. The summed E-state index contributed by atoms with van der Waals surface area (Å²) < 4.78 is 6.11. The molecule has 4 heterocycles. The van der Waals surface area contributed by atoms with Crippen LogP contribution in [-0.2, 0) is 19.8 Å². The summed E-state index contributed by atoms with van der Waals surface area (Å²) in [4.78, 5) is 41.3. The van der Waals surface area contributed by atoms with Gasteiger partial charge in [0.15, 0.2) is 0 Å². The van der Waals surface area contributed by atoms with Crippen LogP contribution in [0.25, 0.3) is 6.08 Å². The smallest absolute Gasteiger partial charge is 0.268 e. The lowest BCUT2D eigenvalue weighted by Crippen LogP contribution is -2.60. The monoisotopic (exact) mass is 447 g/mol. The van der Waals surface area contributed by atoms with Crippen LogP contribution in [0, 0.1) is 5.41 Å². The van der Waals surface area contributed by atoms with Crippen molar-refractivity contribution in [1.29, 1.82) is 0 Å². The van der Waals surface area contributed by atoms with Gasteiger partial charge >= 0.3 is 0 Å². The molecule has 4 aliphatic rings. The third-order valence-corrected chi connectivity index (χ3v) is 7.52. The van der Waals surface area contributed by atoms with Gasteiger partial charge in [-0.2, -0.15) is 0 Å². The average Bonchev–Trinajstić information content (AvgIpc) is 3.35. The summed E-state index contributed by atoms with van der Waals surface area (Å²) in [5.74, 6) is 0.0366. The molecule has 0 unspecified atom stereocenters. The van der Waals surface area contributed by atoms with E-state index in [2.05, 4.69) is 17.2 Å². The maximum Gasteiger partial charge on any atom is 0.268 e. The van der Waals surface area contributed by atoms with Gasteiger partial charge in [-0.1, -0.05) is 32.1 Å². The van der Waals surface area contributed by atoms with Crippen molar-refractivity contribution in [1.82, 2.24) is 10.2 Å². The second-order valence-electron chi connectivity index (χ2n) is 10.3. The molecule has 7 nitrogen and oxygen atoms in total. The van der Waals surface area contributed by atoms with Gasteiger partial charge < -0.3 is 20.3 Å². The van der Waals surface area contributed by atoms with E-state index in [0.717, 1.165) is 11.1 Å². The van der Waals surface area contributed by atoms with Crippen molar-refractivity contribution >= 4 is 29.5 Å². The quantitative estimate of drug-likeness (QED) is 0.694. The van der Waals surface area contributed by atoms with E-state index in [9.17, 15) is 14.4 Å². The molecule has 1 aromatic rings. The molecule has 0 aromatic heterocycles. The van der Waals surface area contributed by atoms with Crippen LogP contribution in [0.3, 0.4) is 0 Å². The number of amides is 3. The number of nitrogens with zero attached hydrogens (tertiary/aromatic N) is 1. The zero-order valence-electron chi connectivity index (χ0n) is 19.5. The molecule has 33 heavy (non-hydrogen) atoms. The Morgan fingerprint density at radius 3 is 2.76 bits per heavy atom. The first-order valence-electron chi connectivity index (χ1n) is 11.3. The SMILES string of the molecule is C=CC(C)(C)[C@]1(C[C@H]2NC(=O)C3=CCCN3C2=O)C(=O)Nc2c1ccc1c2C=CC(C)(C)O1. The van der Waals surface area contributed by atoms with Gasteiger partial charge in [-0.3, -0.25) is 14.4 Å². The fourth-order valence-electron chi connectivity index (χ4n) is 5.50. The summed E-state index contributed by atoms with van der Waals surface area (Å²) in [5, 5.41) is 5.94. The van der Waals surface area contributed by atoms with Gasteiger partial charge in [-0.05, 0) is 50.5 Å². The minimum atomic E-state index is -1.10. The van der Waals surface area contributed by atoms with E-state index >= 15 is 0 Å². The fourth-order valence-corrected chi connectivity index (χ4v) is 5.50. The lowest BCUT2D eigenvalue weighted by molar-refractivity contribution is -0.141. The topological polar surface area (TPSA) is 87.7 Å². The number of ether oxygens (including phenoxy) is 1. The molecule has 1 aromatic carbocycles. The molecular formula is C26H29N3O4. The normalized spacial score (nSPS) is 27.2. The molecule has 2 atom stereocenters. The van der Waals surface area contributed by atoms with E-state index < -0.39 is 22.5 Å². The average molecular weight is 448 g/mol. The molecule has 172 valence electrons. The zero-order valence-corrected chi connectivity index (χ0v) is 19.5. The predicted octanol–water partition coefficient (Wildman–Crippen LogP) is 3.28. The largest absolute Gasteiger partial charge is 0.483 e. The summed E-state index contributed by atoms with van der Waals surface area (Å²) >= 11 is 0. The second kappa shape index (κ2) is 6.83. The third kappa shape index (κ3) is 2.91. The summed E-state index contributed by atoms with van der Waals surface area (Å²) in [6.45, 7) is 12.3. The minimum Gasteiger partial charge on any atom is -0.483 e. The van der Waals surface area contributed by atoms with Crippen LogP contribution in [-0.4, -0.2) is 40.8 Å². The Morgan fingerprint density at radius 2 is 2.03 bits per heavy atom. The van der Waals surface area contributed by atoms with Crippen molar-refractivity contribution in [2.24, 2.45) is 5.41 Å². The summed E-state index contributed by atoms with van der Waals surface area (Å²) in [5.41, 5.74) is 0.440. The Bertz CT molecular complexity index is 1180. The highest BCUT2D eigenvalue weighted by Crippen LogP contribution is 2.55. The highest BCUT2D eigenvalue weighted by atomic mass is 16.5. The number of nitrogens with one attached hydrogen (secondary N) is 2. The second-order valence-corrected chi connectivity index (χ2v) is 10.3. The Labute approximate surface area is 193 Å². The highest BCUT2D eigenvalue weighted by Gasteiger charge is 2.58. The highest BCUT2D eigenvalue weighted by molar-refractivity contribution is 6.11. The molecule has 1 saturated heterocycles. The molecule has 4 aliphatic heterocycles. The molecule has 5 rings (SSSR count). The first-order chi connectivity index (χ1) is 15.5.